The summed E-state index contributed by atoms with van der Waals surface area (Å²) >= 11 is 3.18. The number of rotatable bonds is 7. The van der Waals surface area contributed by atoms with Gasteiger partial charge in [0, 0.05) is 25.7 Å². The summed E-state index contributed by atoms with van der Waals surface area (Å²) in [5.41, 5.74) is 0. The Bertz CT molecular complexity index is 511. The van der Waals surface area contributed by atoms with Crippen molar-refractivity contribution in [3.8, 4) is 0 Å². The van der Waals surface area contributed by atoms with E-state index in [9.17, 15) is 8.42 Å². The number of nitrogens with zero attached hydrogens (tertiary/aromatic N) is 1. The van der Waals surface area contributed by atoms with Crippen LogP contribution in [0, 0.1) is 0 Å². The molecule has 110 valence electrons. The number of hydrogen-bond donors (Lipinski definition) is 1. The highest BCUT2D eigenvalue weighted by molar-refractivity contribution is 9.10. The molecule has 0 unspecified atom stereocenters. The minimum Gasteiger partial charge on any atom is -0.452 e. The van der Waals surface area contributed by atoms with Gasteiger partial charge in [0.05, 0.1) is 6.54 Å². The molecule has 0 saturated heterocycles. The number of halogens is 1. The van der Waals surface area contributed by atoms with Crippen LogP contribution < -0.4 is 5.32 Å². The Kier molecular flexibility index (Phi) is 6.04. The lowest BCUT2D eigenvalue weighted by Gasteiger charge is -2.14. The van der Waals surface area contributed by atoms with Crippen molar-refractivity contribution >= 4 is 26.0 Å². The third-order valence-corrected chi connectivity index (χ3v) is 5.33. The van der Waals surface area contributed by atoms with Crippen molar-refractivity contribution in [2.24, 2.45) is 0 Å². The molecule has 0 atom stereocenters. The molecule has 5 nitrogen and oxygen atoms in total. The van der Waals surface area contributed by atoms with Crippen LogP contribution in [0.1, 0.15) is 33.0 Å². The topological polar surface area (TPSA) is 62.6 Å². The molecule has 0 saturated carbocycles. The molecule has 0 spiro atoms. The van der Waals surface area contributed by atoms with Crippen molar-refractivity contribution in [1.82, 2.24) is 9.62 Å². The quantitative estimate of drug-likeness (QED) is 0.818. The van der Waals surface area contributed by atoms with E-state index in [4.69, 9.17) is 4.42 Å². The first-order chi connectivity index (χ1) is 8.78. The first-order valence-corrected chi connectivity index (χ1v) is 8.50. The monoisotopic (exact) mass is 352 g/mol. The van der Waals surface area contributed by atoms with Crippen LogP contribution in [-0.4, -0.2) is 32.4 Å². The summed E-state index contributed by atoms with van der Waals surface area (Å²) in [7, 11) is -1.91. The molecule has 1 rings (SSSR count). The summed E-state index contributed by atoms with van der Waals surface area (Å²) in [6, 6.07) is 1.88. The average molecular weight is 353 g/mol. The summed E-state index contributed by atoms with van der Waals surface area (Å²) in [6.45, 7) is 6.96. The van der Waals surface area contributed by atoms with Crippen LogP contribution in [0.3, 0.4) is 0 Å². The van der Waals surface area contributed by atoms with E-state index in [1.807, 2.05) is 20.8 Å². The second kappa shape index (κ2) is 6.88. The zero-order chi connectivity index (χ0) is 14.6. The van der Waals surface area contributed by atoms with Crippen molar-refractivity contribution in [2.45, 2.75) is 44.7 Å². The lowest BCUT2D eigenvalue weighted by Crippen LogP contribution is -2.27. The van der Waals surface area contributed by atoms with Crippen LogP contribution in [0.15, 0.2) is 20.0 Å². The third-order valence-electron chi connectivity index (χ3n) is 2.62. The molecule has 1 N–H and O–H groups in total. The maximum absolute atomic E-state index is 12.3. The fraction of sp³-hybridized carbons (Fsp3) is 0.667. The van der Waals surface area contributed by atoms with Crippen LogP contribution >= 0.6 is 15.9 Å². The molecule has 0 bridgehead atoms. The molecule has 1 aromatic rings. The maximum atomic E-state index is 12.3. The first kappa shape index (κ1) is 16.7. The molecule has 0 radical (unpaired) electrons. The number of furan rings is 1. The minimum absolute atomic E-state index is 0.184. The van der Waals surface area contributed by atoms with Crippen molar-refractivity contribution < 1.29 is 12.8 Å². The standard InChI is InChI=1S/C12H21BrN2O3S/c1-5-6-15(4)19(16,17)11-7-10(18-12(11)13)8-14-9(2)3/h7,9,14H,5-6,8H2,1-4H3. The van der Waals surface area contributed by atoms with Gasteiger partial charge in [0.1, 0.15) is 10.7 Å². The van der Waals surface area contributed by atoms with Gasteiger partial charge in [0.2, 0.25) is 10.0 Å². The Morgan fingerprint density at radius 1 is 1.47 bits per heavy atom. The smallest absolute Gasteiger partial charge is 0.247 e. The molecule has 0 aliphatic rings. The fourth-order valence-electron chi connectivity index (χ4n) is 1.57. The van der Waals surface area contributed by atoms with Crippen LogP contribution in [0.4, 0.5) is 0 Å². The number of sulfonamides is 1. The van der Waals surface area contributed by atoms with Gasteiger partial charge in [0.15, 0.2) is 4.67 Å². The molecule has 7 heteroatoms. The highest BCUT2D eigenvalue weighted by Gasteiger charge is 2.26. The van der Waals surface area contributed by atoms with Gasteiger partial charge in [-0.15, -0.1) is 0 Å². The van der Waals surface area contributed by atoms with Gasteiger partial charge < -0.3 is 9.73 Å². The molecule has 0 aliphatic carbocycles. The first-order valence-electron chi connectivity index (χ1n) is 6.27. The van der Waals surface area contributed by atoms with Gasteiger partial charge in [0.25, 0.3) is 0 Å². The van der Waals surface area contributed by atoms with Gasteiger partial charge in [-0.25, -0.2) is 12.7 Å². The normalized spacial score (nSPS) is 12.6. The van der Waals surface area contributed by atoms with E-state index in [-0.39, 0.29) is 9.56 Å². The summed E-state index contributed by atoms with van der Waals surface area (Å²) in [4.78, 5) is 0.184. The second-order valence-corrected chi connectivity index (χ2v) is 7.45. The van der Waals surface area contributed by atoms with E-state index in [0.717, 1.165) is 6.42 Å². The van der Waals surface area contributed by atoms with Gasteiger partial charge in [-0.05, 0) is 22.4 Å². The Labute approximate surface area is 123 Å². The highest BCUT2D eigenvalue weighted by atomic mass is 79.9. The number of nitrogens with one attached hydrogen (secondary N) is 1. The molecule has 0 fully saturated rings. The van der Waals surface area contributed by atoms with Gasteiger partial charge in [-0.1, -0.05) is 20.8 Å². The van der Waals surface area contributed by atoms with E-state index >= 15 is 0 Å². The lowest BCUT2D eigenvalue weighted by molar-refractivity contribution is 0.442. The predicted molar refractivity (Wildman–Crippen MR) is 78.5 cm³/mol. The van der Waals surface area contributed by atoms with E-state index in [1.54, 1.807) is 13.1 Å². The lowest BCUT2D eigenvalue weighted by atomic mass is 10.3. The van der Waals surface area contributed by atoms with Crippen molar-refractivity contribution in [3.63, 3.8) is 0 Å². The molecule has 1 aromatic heterocycles. The van der Waals surface area contributed by atoms with Crippen molar-refractivity contribution in [1.29, 1.82) is 0 Å². The van der Waals surface area contributed by atoms with Gasteiger partial charge in [-0.2, -0.15) is 0 Å². The zero-order valence-electron chi connectivity index (χ0n) is 11.7. The molecule has 0 aliphatic heterocycles. The SMILES string of the molecule is CCCN(C)S(=O)(=O)c1cc(CNC(C)C)oc1Br. The van der Waals surface area contributed by atoms with E-state index < -0.39 is 10.0 Å². The van der Waals surface area contributed by atoms with E-state index in [2.05, 4.69) is 21.2 Å². The molecule has 1 heterocycles. The van der Waals surface area contributed by atoms with E-state index in [1.165, 1.54) is 4.31 Å². The predicted octanol–water partition coefficient (Wildman–Crippen LogP) is 2.57. The third kappa shape index (κ3) is 4.30. The zero-order valence-corrected chi connectivity index (χ0v) is 14.1. The second-order valence-electron chi connectivity index (χ2n) is 4.71. The van der Waals surface area contributed by atoms with Crippen molar-refractivity contribution in [2.75, 3.05) is 13.6 Å². The molecule has 0 aromatic carbocycles. The average Bonchev–Trinajstić information content (AvgIpc) is 2.69. The van der Waals surface area contributed by atoms with E-state index in [0.29, 0.717) is 24.9 Å². The minimum atomic E-state index is -3.48. The van der Waals surface area contributed by atoms with Crippen LogP contribution in [0.25, 0.3) is 0 Å². The Balaban J connectivity index is 2.95. The highest BCUT2D eigenvalue weighted by Crippen LogP contribution is 2.28. The van der Waals surface area contributed by atoms with Gasteiger partial charge in [-0.3, -0.25) is 0 Å². The van der Waals surface area contributed by atoms with Crippen LogP contribution in [-0.2, 0) is 16.6 Å². The number of hydrogen-bond acceptors (Lipinski definition) is 4. The van der Waals surface area contributed by atoms with Crippen molar-refractivity contribution in [3.05, 3.63) is 16.5 Å². The van der Waals surface area contributed by atoms with Crippen LogP contribution in [0.5, 0.6) is 0 Å². The Hall–Kier alpha value is -0.370. The summed E-state index contributed by atoms with van der Waals surface area (Å²) in [5, 5.41) is 3.19. The Morgan fingerprint density at radius 2 is 2.11 bits per heavy atom. The van der Waals surface area contributed by atoms with Crippen LogP contribution in [0.2, 0.25) is 0 Å². The summed E-state index contributed by atoms with van der Waals surface area (Å²) in [6.07, 6.45) is 0.771. The molecule has 0 amide bonds. The molecular formula is C12H21BrN2O3S. The molecular weight excluding hydrogens is 332 g/mol. The fourth-order valence-corrected chi connectivity index (χ4v) is 3.79. The molecule has 19 heavy (non-hydrogen) atoms. The Morgan fingerprint density at radius 3 is 2.63 bits per heavy atom. The summed E-state index contributed by atoms with van der Waals surface area (Å²) < 4.78 is 31.6. The largest absolute Gasteiger partial charge is 0.452 e. The maximum Gasteiger partial charge on any atom is 0.247 e. The van der Waals surface area contributed by atoms with Gasteiger partial charge >= 0.3 is 0 Å². The summed E-state index contributed by atoms with van der Waals surface area (Å²) in [5.74, 6) is 0.601.